The van der Waals surface area contributed by atoms with Crippen molar-refractivity contribution in [2.24, 2.45) is 0 Å². The fourth-order valence-electron chi connectivity index (χ4n) is 4.09. The van der Waals surface area contributed by atoms with E-state index in [0.717, 1.165) is 5.56 Å². The van der Waals surface area contributed by atoms with Crippen LogP contribution in [0.1, 0.15) is 37.2 Å². The van der Waals surface area contributed by atoms with Crippen LogP contribution in [0.2, 0.25) is 15.1 Å². The predicted octanol–water partition coefficient (Wildman–Crippen LogP) is 6.08. The maximum absolute atomic E-state index is 13.2. The number of anilines is 1. The molecule has 0 bridgehead atoms. The van der Waals surface area contributed by atoms with Gasteiger partial charge in [-0.25, -0.2) is 0 Å². The van der Waals surface area contributed by atoms with Crippen molar-refractivity contribution in [2.45, 2.75) is 31.6 Å². The van der Waals surface area contributed by atoms with Crippen molar-refractivity contribution in [3.63, 3.8) is 0 Å². The molecule has 0 N–H and O–H groups in total. The van der Waals surface area contributed by atoms with Gasteiger partial charge in [0.05, 0.1) is 20.7 Å². The lowest BCUT2D eigenvalue weighted by atomic mass is 9.77. The summed E-state index contributed by atoms with van der Waals surface area (Å²) in [7, 11) is 0. The highest BCUT2D eigenvalue weighted by Crippen LogP contribution is 2.45. The zero-order chi connectivity index (χ0) is 21.6. The molecular formula is C21H15Cl3N2O4. The number of carbonyl (C=O) groups excluding carboxylic acids is 2. The number of allylic oxidation sites excluding steroid dienone is 2. The van der Waals surface area contributed by atoms with Crippen molar-refractivity contribution >= 4 is 57.9 Å². The smallest absolute Gasteiger partial charge is 0.289 e. The number of hydrogen-bond acceptors (Lipinski definition) is 4. The maximum atomic E-state index is 13.2. The summed E-state index contributed by atoms with van der Waals surface area (Å²) in [5.41, 5.74) is 1.90. The van der Waals surface area contributed by atoms with E-state index in [9.17, 15) is 19.7 Å². The maximum Gasteiger partial charge on any atom is 0.289 e. The summed E-state index contributed by atoms with van der Waals surface area (Å²) in [6.07, 6.45) is 1.55. The van der Waals surface area contributed by atoms with Crippen LogP contribution < -0.4 is 4.90 Å². The normalized spacial score (nSPS) is 19.2. The summed E-state index contributed by atoms with van der Waals surface area (Å²) in [6, 6.07) is 9.29. The lowest BCUT2D eigenvalue weighted by molar-refractivity contribution is -0.384. The van der Waals surface area contributed by atoms with E-state index in [1.165, 1.54) is 17.0 Å². The van der Waals surface area contributed by atoms with E-state index in [4.69, 9.17) is 34.8 Å². The first-order valence-electron chi connectivity index (χ1n) is 9.26. The highest BCUT2D eigenvalue weighted by Gasteiger charge is 2.40. The van der Waals surface area contributed by atoms with Crippen LogP contribution in [0.25, 0.3) is 0 Å². The van der Waals surface area contributed by atoms with Crippen molar-refractivity contribution in [3.8, 4) is 0 Å². The number of nitro groups is 1. The molecule has 30 heavy (non-hydrogen) atoms. The number of nitro benzene ring substituents is 1. The van der Waals surface area contributed by atoms with Gasteiger partial charge in [-0.2, -0.15) is 0 Å². The van der Waals surface area contributed by atoms with Crippen LogP contribution in [0.5, 0.6) is 0 Å². The molecule has 1 heterocycles. The van der Waals surface area contributed by atoms with E-state index in [0.29, 0.717) is 46.3 Å². The van der Waals surface area contributed by atoms with Crippen molar-refractivity contribution in [1.29, 1.82) is 0 Å². The molecule has 154 valence electrons. The van der Waals surface area contributed by atoms with E-state index in [-0.39, 0.29) is 28.8 Å². The highest BCUT2D eigenvalue weighted by molar-refractivity contribution is 6.42. The molecule has 0 aromatic heterocycles. The highest BCUT2D eigenvalue weighted by atomic mass is 35.5. The minimum absolute atomic E-state index is 0.0178. The number of halogens is 3. The molecule has 6 nitrogen and oxygen atoms in total. The summed E-state index contributed by atoms with van der Waals surface area (Å²) >= 11 is 18.1. The van der Waals surface area contributed by atoms with Gasteiger partial charge in [0, 0.05) is 36.1 Å². The number of benzene rings is 2. The van der Waals surface area contributed by atoms with E-state index in [2.05, 4.69) is 0 Å². The van der Waals surface area contributed by atoms with Crippen molar-refractivity contribution < 1.29 is 14.5 Å². The van der Waals surface area contributed by atoms with Crippen LogP contribution in [-0.2, 0) is 9.59 Å². The van der Waals surface area contributed by atoms with Crippen LogP contribution in [0.3, 0.4) is 0 Å². The standard InChI is InChI=1S/C21H15Cl3N2O4/c22-14-6-4-11(8-16(14)24)13-10-20(28)25(17-2-1-3-19(27)21(13)17)12-5-7-15(23)18(9-12)26(29)30/h4-9,13H,1-3,10H2. The molecule has 2 aromatic carbocycles. The lowest BCUT2D eigenvalue weighted by Gasteiger charge is -2.38. The van der Waals surface area contributed by atoms with Crippen LogP contribution in [0.4, 0.5) is 11.4 Å². The molecule has 4 rings (SSSR count). The van der Waals surface area contributed by atoms with Gasteiger partial charge >= 0.3 is 0 Å². The number of amides is 1. The van der Waals surface area contributed by atoms with E-state index in [1.54, 1.807) is 24.3 Å². The van der Waals surface area contributed by atoms with E-state index < -0.39 is 10.8 Å². The second-order valence-corrected chi connectivity index (χ2v) is 8.41. The number of rotatable bonds is 3. The average molecular weight is 466 g/mol. The molecule has 0 fully saturated rings. The van der Waals surface area contributed by atoms with Crippen LogP contribution in [0, 0.1) is 10.1 Å². The third-order valence-electron chi connectivity index (χ3n) is 5.41. The first kappa shape index (κ1) is 20.8. The molecule has 1 aliphatic carbocycles. The molecule has 1 unspecified atom stereocenters. The monoisotopic (exact) mass is 464 g/mol. The molecule has 0 saturated heterocycles. The number of hydrogen-bond donors (Lipinski definition) is 0. The largest absolute Gasteiger partial charge is 0.294 e. The molecule has 1 aliphatic heterocycles. The Labute approximate surface area is 187 Å². The number of nitrogens with zero attached hydrogens (tertiary/aromatic N) is 2. The number of ketones is 1. The molecule has 1 amide bonds. The molecular weight excluding hydrogens is 451 g/mol. The van der Waals surface area contributed by atoms with Gasteiger partial charge < -0.3 is 0 Å². The van der Waals surface area contributed by atoms with E-state index >= 15 is 0 Å². The average Bonchev–Trinajstić information content (AvgIpc) is 2.70. The summed E-state index contributed by atoms with van der Waals surface area (Å²) in [5, 5.41) is 12.0. The number of Topliss-reactive ketones (excluding diaryl/α,β-unsaturated/α-hetero) is 1. The van der Waals surface area contributed by atoms with Gasteiger partial charge in [-0.15, -0.1) is 0 Å². The van der Waals surface area contributed by atoms with Crippen LogP contribution in [0.15, 0.2) is 47.7 Å². The quantitative estimate of drug-likeness (QED) is 0.406. The summed E-state index contributed by atoms with van der Waals surface area (Å²) in [6.45, 7) is 0. The van der Waals surface area contributed by atoms with Crippen molar-refractivity contribution in [2.75, 3.05) is 4.90 Å². The zero-order valence-corrected chi connectivity index (χ0v) is 17.8. The fourth-order valence-corrected chi connectivity index (χ4v) is 4.58. The molecule has 9 heteroatoms. The Morgan fingerprint density at radius 1 is 0.967 bits per heavy atom. The first-order chi connectivity index (χ1) is 14.3. The van der Waals surface area contributed by atoms with Crippen molar-refractivity contribution in [3.05, 3.63) is 78.4 Å². The Bertz CT molecular complexity index is 1130. The molecule has 2 aliphatic rings. The molecule has 1 atom stereocenters. The third kappa shape index (κ3) is 3.60. The SMILES string of the molecule is O=C1CCCC2=C1C(c1ccc(Cl)c(Cl)c1)CC(=O)N2c1ccc(Cl)c([N+](=O)[O-])c1. The van der Waals surface area contributed by atoms with Crippen LogP contribution in [-0.4, -0.2) is 16.6 Å². The lowest BCUT2D eigenvalue weighted by Crippen LogP contribution is -2.40. The molecule has 0 radical (unpaired) electrons. The van der Waals surface area contributed by atoms with Gasteiger partial charge in [0.2, 0.25) is 5.91 Å². The second kappa shape index (κ2) is 8.02. The summed E-state index contributed by atoms with van der Waals surface area (Å²) < 4.78 is 0. The molecule has 2 aromatic rings. The molecule has 0 saturated carbocycles. The molecule has 0 spiro atoms. The Morgan fingerprint density at radius 3 is 2.40 bits per heavy atom. The Hall–Kier alpha value is -2.41. The predicted molar refractivity (Wildman–Crippen MR) is 115 cm³/mol. The van der Waals surface area contributed by atoms with E-state index in [1.807, 2.05) is 0 Å². The summed E-state index contributed by atoms with van der Waals surface area (Å²) in [5.74, 6) is -0.724. The van der Waals surface area contributed by atoms with Gasteiger partial charge in [-0.3, -0.25) is 24.6 Å². The van der Waals surface area contributed by atoms with Gasteiger partial charge in [0.1, 0.15) is 5.02 Å². The minimum Gasteiger partial charge on any atom is -0.294 e. The van der Waals surface area contributed by atoms with Gasteiger partial charge in [-0.05, 0) is 42.7 Å². The second-order valence-electron chi connectivity index (χ2n) is 7.19. The Kier molecular flexibility index (Phi) is 5.57. The Morgan fingerprint density at radius 2 is 1.70 bits per heavy atom. The van der Waals surface area contributed by atoms with Gasteiger partial charge in [-0.1, -0.05) is 40.9 Å². The fraction of sp³-hybridized carbons (Fsp3) is 0.238. The zero-order valence-electron chi connectivity index (χ0n) is 15.5. The third-order valence-corrected chi connectivity index (χ3v) is 6.46. The first-order valence-corrected chi connectivity index (χ1v) is 10.4. The summed E-state index contributed by atoms with van der Waals surface area (Å²) in [4.78, 5) is 38.2. The van der Waals surface area contributed by atoms with Crippen LogP contribution >= 0.6 is 34.8 Å². The van der Waals surface area contributed by atoms with Gasteiger partial charge in [0.25, 0.3) is 5.69 Å². The number of carbonyl (C=O) groups is 2. The van der Waals surface area contributed by atoms with Gasteiger partial charge in [0.15, 0.2) is 5.78 Å². The van der Waals surface area contributed by atoms with Crippen molar-refractivity contribution in [1.82, 2.24) is 0 Å². The Balaban J connectivity index is 1.87. The topological polar surface area (TPSA) is 80.5 Å². The minimum atomic E-state index is -0.597.